The number of amides is 3. The average molecular weight is 680 g/mol. The minimum absolute atomic E-state index is 0.139. The highest BCUT2D eigenvalue weighted by molar-refractivity contribution is 6.11. The van der Waals surface area contributed by atoms with Crippen molar-refractivity contribution < 1.29 is 47.0 Å². The van der Waals surface area contributed by atoms with Crippen molar-refractivity contribution in [2.75, 3.05) is 11.9 Å². The van der Waals surface area contributed by atoms with E-state index in [-0.39, 0.29) is 18.0 Å². The van der Waals surface area contributed by atoms with Crippen molar-refractivity contribution >= 4 is 35.3 Å². The van der Waals surface area contributed by atoms with Gasteiger partial charge < -0.3 is 20.5 Å². The van der Waals surface area contributed by atoms with Crippen LogP contribution in [-0.4, -0.2) is 62.8 Å². The molecule has 0 aliphatic rings. The van der Waals surface area contributed by atoms with Crippen LogP contribution in [0.5, 0.6) is 0 Å². The molecular formula is C33H28F3N5O8. The molecule has 0 saturated carbocycles. The normalized spacial score (nSPS) is 11.6. The van der Waals surface area contributed by atoms with Crippen molar-refractivity contribution in [1.29, 1.82) is 0 Å². The van der Waals surface area contributed by atoms with Gasteiger partial charge in [-0.25, -0.2) is 14.2 Å². The fraction of sp³-hybridized carbons (Fsp3) is 0.182. The maximum Gasteiger partial charge on any atom is 0.412 e. The van der Waals surface area contributed by atoms with Crippen LogP contribution in [0.15, 0.2) is 95.9 Å². The van der Waals surface area contributed by atoms with Crippen LogP contribution < -0.4 is 21.5 Å². The molecule has 0 fully saturated rings. The Morgan fingerprint density at radius 1 is 0.898 bits per heavy atom. The second-order valence-corrected chi connectivity index (χ2v) is 10.4. The summed E-state index contributed by atoms with van der Waals surface area (Å²) in [6, 6.07) is 18.9. The van der Waals surface area contributed by atoms with Crippen molar-refractivity contribution in [1.82, 2.24) is 20.2 Å². The Labute approximate surface area is 275 Å². The van der Waals surface area contributed by atoms with Gasteiger partial charge in [0.1, 0.15) is 37.0 Å². The van der Waals surface area contributed by atoms with Crippen molar-refractivity contribution in [2.24, 2.45) is 0 Å². The van der Waals surface area contributed by atoms with Crippen LogP contribution in [0.3, 0.4) is 0 Å². The number of Topliss-reactive ketones (excluding diaryl/α,β-unsaturated/α-hetero) is 1. The summed E-state index contributed by atoms with van der Waals surface area (Å²) in [4.78, 5) is 79.4. The molecule has 13 nitrogen and oxygen atoms in total. The predicted octanol–water partition coefficient (Wildman–Crippen LogP) is 2.93. The zero-order valence-corrected chi connectivity index (χ0v) is 25.4. The molecule has 1 aromatic heterocycles. The number of halogens is 3. The third kappa shape index (κ3) is 9.60. The highest BCUT2D eigenvalue weighted by Crippen LogP contribution is 2.21. The Kier molecular flexibility index (Phi) is 11.6. The fourth-order valence-corrected chi connectivity index (χ4v) is 4.46. The van der Waals surface area contributed by atoms with Gasteiger partial charge in [0, 0.05) is 12.0 Å². The van der Waals surface area contributed by atoms with Crippen LogP contribution in [0.2, 0.25) is 0 Å². The Hall–Kier alpha value is -6.32. The van der Waals surface area contributed by atoms with Crippen LogP contribution in [-0.2, 0) is 43.5 Å². The molecule has 1 atom stereocenters. The Balaban J connectivity index is 1.62. The molecule has 3 aromatic carbocycles. The van der Waals surface area contributed by atoms with E-state index >= 15 is 0 Å². The number of carbonyl (C=O) groups is 5. The summed E-state index contributed by atoms with van der Waals surface area (Å²) >= 11 is 0. The highest BCUT2D eigenvalue weighted by Gasteiger charge is 2.50. The lowest BCUT2D eigenvalue weighted by molar-refractivity contribution is -0.161. The van der Waals surface area contributed by atoms with E-state index in [1.165, 1.54) is 29.6 Å². The fourth-order valence-electron chi connectivity index (χ4n) is 4.46. The van der Waals surface area contributed by atoms with Crippen LogP contribution in [0.25, 0.3) is 11.4 Å². The second kappa shape index (κ2) is 16.0. The van der Waals surface area contributed by atoms with Crippen molar-refractivity contribution in [3.8, 4) is 11.4 Å². The zero-order valence-electron chi connectivity index (χ0n) is 25.4. The molecule has 0 bridgehead atoms. The summed E-state index contributed by atoms with van der Waals surface area (Å²) in [5, 5.41) is 14.5. The molecule has 16 heteroatoms. The van der Waals surface area contributed by atoms with Gasteiger partial charge in [0.2, 0.25) is 11.7 Å². The SMILES string of the molecule is O=C(O)CNC(=O)C(F)(F)C(=O)C(Cc1ccccc1)NC(=O)Cn1c(-c2ccc(F)cc2)ncc(NC(=O)OCc2ccccc2)c1=O. The highest BCUT2D eigenvalue weighted by atomic mass is 19.3. The Morgan fingerprint density at radius 2 is 1.51 bits per heavy atom. The molecule has 49 heavy (non-hydrogen) atoms. The number of carbonyl (C=O) groups excluding carboxylic acids is 4. The molecule has 1 heterocycles. The summed E-state index contributed by atoms with van der Waals surface area (Å²) in [5.41, 5.74) is -0.307. The maximum absolute atomic E-state index is 15.0. The molecule has 254 valence electrons. The third-order valence-corrected chi connectivity index (χ3v) is 6.83. The van der Waals surface area contributed by atoms with Gasteiger partial charge in [-0.1, -0.05) is 60.7 Å². The molecule has 4 N–H and O–H groups in total. The smallest absolute Gasteiger partial charge is 0.412 e. The van der Waals surface area contributed by atoms with Gasteiger partial charge in [0.05, 0.1) is 12.2 Å². The quantitative estimate of drug-likeness (QED) is 0.146. The molecule has 4 aromatic rings. The van der Waals surface area contributed by atoms with Crippen LogP contribution >= 0.6 is 0 Å². The number of ketones is 1. The number of rotatable bonds is 14. The zero-order chi connectivity index (χ0) is 35.6. The van der Waals surface area contributed by atoms with E-state index in [1.807, 2.05) is 0 Å². The van der Waals surface area contributed by atoms with E-state index < -0.39 is 78.2 Å². The maximum atomic E-state index is 15.0. The molecule has 0 saturated heterocycles. The lowest BCUT2D eigenvalue weighted by Crippen LogP contribution is -2.56. The van der Waals surface area contributed by atoms with Crippen molar-refractivity contribution in [3.63, 3.8) is 0 Å². The third-order valence-electron chi connectivity index (χ3n) is 6.83. The molecule has 0 aliphatic heterocycles. The number of carboxylic acids is 1. The Bertz CT molecular complexity index is 1890. The number of nitrogens with zero attached hydrogens (tertiary/aromatic N) is 2. The summed E-state index contributed by atoms with van der Waals surface area (Å²) in [7, 11) is 0. The molecule has 0 aliphatic carbocycles. The number of anilines is 1. The molecule has 4 rings (SSSR count). The van der Waals surface area contributed by atoms with Crippen LogP contribution in [0.1, 0.15) is 11.1 Å². The number of ether oxygens (including phenoxy) is 1. The average Bonchev–Trinajstić information content (AvgIpc) is 3.08. The molecule has 1 unspecified atom stereocenters. The minimum Gasteiger partial charge on any atom is -0.480 e. The molecule has 0 spiro atoms. The van der Waals surface area contributed by atoms with Crippen LogP contribution in [0.4, 0.5) is 23.7 Å². The summed E-state index contributed by atoms with van der Waals surface area (Å²) < 4.78 is 49.5. The first-order valence-corrected chi connectivity index (χ1v) is 14.4. The first kappa shape index (κ1) is 35.5. The van der Waals surface area contributed by atoms with Crippen molar-refractivity contribution in [3.05, 3.63) is 118 Å². The first-order chi connectivity index (χ1) is 23.3. The lowest BCUT2D eigenvalue weighted by Gasteiger charge is -2.23. The molecule has 3 amide bonds. The van der Waals surface area contributed by atoms with Crippen molar-refractivity contribution in [2.45, 2.75) is 31.5 Å². The number of aromatic nitrogens is 2. The van der Waals surface area contributed by atoms with Gasteiger partial charge in [-0.05, 0) is 35.4 Å². The monoisotopic (exact) mass is 679 g/mol. The number of hydrogen-bond acceptors (Lipinski definition) is 8. The number of alkyl halides is 2. The van der Waals surface area contributed by atoms with E-state index in [4.69, 9.17) is 9.84 Å². The topological polar surface area (TPSA) is 186 Å². The van der Waals surface area contributed by atoms with Gasteiger partial charge in [-0.15, -0.1) is 0 Å². The predicted molar refractivity (Wildman–Crippen MR) is 167 cm³/mol. The van der Waals surface area contributed by atoms with Gasteiger partial charge in [0.25, 0.3) is 11.5 Å². The summed E-state index contributed by atoms with van der Waals surface area (Å²) in [5.74, 6) is -12.6. The Morgan fingerprint density at radius 3 is 2.12 bits per heavy atom. The largest absolute Gasteiger partial charge is 0.480 e. The van der Waals surface area contributed by atoms with Gasteiger partial charge in [0.15, 0.2) is 0 Å². The number of carboxylic acid groups (broad SMARTS) is 1. The minimum atomic E-state index is -4.76. The van der Waals surface area contributed by atoms with E-state index in [0.29, 0.717) is 11.1 Å². The van der Waals surface area contributed by atoms with Gasteiger partial charge in [-0.2, -0.15) is 8.78 Å². The molecule has 0 radical (unpaired) electrons. The summed E-state index contributed by atoms with van der Waals surface area (Å²) in [6.45, 7) is -2.27. The van der Waals surface area contributed by atoms with E-state index in [1.54, 1.807) is 48.5 Å². The van der Waals surface area contributed by atoms with Gasteiger partial charge >= 0.3 is 18.0 Å². The number of benzene rings is 3. The standard InChI is InChI=1S/C33H28F3N5O8/c34-23-13-11-22(12-14-23)29-37-16-25(40-32(48)49-19-21-9-5-2-6-10-21)30(46)41(29)18-26(42)39-24(15-20-7-3-1-4-8-20)28(45)33(35,36)31(47)38-17-27(43)44/h1-14,16,24H,15,17-19H2,(H,38,47)(H,39,42)(H,40,48)(H,43,44). The lowest BCUT2D eigenvalue weighted by atomic mass is 9.98. The van der Waals surface area contributed by atoms with Crippen LogP contribution in [0, 0.1) is 5.82 Å². The number of hydrogen-bond donors (Lipinski definition) is 4. The number of aliphatic carboxylic acids is 1. The van der Waals surface area contributed by atoms with E-state index in [0.717, 1.165) is 22.9 Å². The summed E-state index contributed by atoms with van der Waals surface area (Å²) in [6.07, 6.45) is -0.567. The van der Waals surface area contributed by atoms with E-state index in [2.05, 4.69) is 15.6 Å². The first-order valence-electron chi connectivity index (χ1n) is 14.4. The molecular weight excluding hydrogens is 651 g/mol. The van der Waals surface area contributed by atoms with Gasteiger partial charge in [-0.3, -0.25) is 33.9 Å². The second-order valence-electron chi connectivity index (χ2n) is 10.4. The number of nitrogens with one attached hydrogen (secondary N) is 3. The van der Waals surface area contributed by atoms with E-state index in [9.17, 15) is 41.9 Å².